The van der Waals surface area contributed by atoms with E-state index in [2.05, 4.69) is 4.98 Å². The summed E-state index contributed by atoms with van der Waals surface area (Å²) in [6.45, 7) is 0. The van der Waals surface area contributed by atoms with Crippen LogP contribution in [0.2, 0.25) is 5.02 Å². The van der Waals surface area contributed by atoms with Crippen molar-refractivity contribution in [3.05, 3.63) is 44.6 Å². The fourth-order valence-electron chi connectivity index (χ4n) is 1.97. The summed E-state index contributed by atoms with van der Waals surface area (Å²) in [4.78, 5) is 27.9. The number of pyridine rings is 1. The first-order valence-corrected chi connectivity index (χ1v) is 6.58. The number of rotatable bonds is 3. The van der Waals surface area contributed by atoms with Crippen molar-refractivity contribution in [1.82, 2.24) is 9.88 Å². The molecular weight excluding hydrogens is 308 g/mol. The molecule has 7 nitrogen and oxygen atoms in total. The molecule has 0 N–H and O–H groups in total. The lowest BCUT2D eigenvalue weighted by Crippen LogP contribution is -2.23. The lowest BCUT2D eigenvalue weighted by atomic mass is 10.0. The molecule has 0 unspecified atom stereocenters. The van der Waals surface area contributed by atoms with Crippen molar-refractivity contribution in [2.45, 2.75) is 6.42 Å². The number of hydrogen-bond acceptors (Lipinski definition) is 5. The molecule has 1 heterocycles. The van der Waals surface area contributed by atoms with E-state index >= 15 is 0 Å². The Balaban J connectivity index is 2.74. The van der Waals surface area contributed by atoms with E-state index in [-0.39, 0.29) is 34.0 Å². The Morgan fingerprint density at radius 3 is 2.73 bits per heavy atom. The zero-order chi connectivity index (χ0) is 16.4. The molecule has 0 radical (unpaired) electrons. The summed E-state index contributed by atoms with van der Waals surface area (Å²) in [7, 11) is 3.19. The molecule has 22 heavy (non-hydrogen) atoms. The second-order valence-corrected chi connectivity index (χ2v) is 5.20. The molecule has 0 fully saturated rings. The number of likely N-dealkylation sites (N-methyl/N-ethyl adjacent to an activating group) is 1. The van der Waals surface area contributed by atoms with E-state index in [4.69, 9.17) is 16.9 Å². The number of fused-ring (bicyclic) bond motifs is 1. The first-order valence-electron chi connectivity index (χ1n) is 6.21. The number of carbonyl (C=O) groups is 1. The fourth-order valence-corrected chi connectivity index (χ4v) is 2.20. The summed E-state index contributed by atoms with van der Waals surface area (Å²) in [5.41, 5.74) is 0.700. The molecule has 0 aliphatic rings. The summed E-state index contributed by atoms with van der Waals surface area (Å²) in [5.74, 6) is -0.218. The summed E-state index contributed by atoms with van der Waals surface area (Å²) in [6, 6.07) is 4.44. The number of nitro groups is 1. The second kappa shape index (κ2) is 5.95. The molecule has 0 spiro atoms. The average Bonchev–Trinajstić information content (AvgIpc) is 2.47. The third-order valence-corrected chi connectivity index (χ3v) is 3.55. The first-order chi connectivity index (χ1) is 10.3. The topological polar surface area (TPSA) is 100 Å². The monoisotopic (exact) mass is 318 g/mol. The van der Waals surface area contributed by atoms with E-state index in [9.17, 15) is 14.9 Å². The van der Waals surface area contributed by atoms with Crippen molar-refractivity contribution in [3.8, 4) is 6.07 Å². The van der Waals surface area contributed by atoms with Crippen molar-refractivity contribution in [2.75, 3.05) is 14.1 Å². The van der Waals surface area contributed by atoms with E-state index in [1.165, 1.54) is 23.2 Å². The second-order valence-electron chi connectivity index (χ2n) is 4.82. The maximum absolute atomic E-state index is 11.9. The molecule has 1 aromatic heterocycles. The predicted molar refractivity (Wildman–Crippen MR) is 80.5 cm³/mol. The van der Waals surface area contributed by atoms with Crippen LogP contribution in [0.3, 0.4) is 0 Å². The molecule has 0 bridgehead atoms. The van der Waals surface area contributed by atoms with Gasteiger partial charge in [0.2, 0.25) is 5.91 Å². The van der Waals surface area contributed by atoms with Crippen molar-refractivity contribution >= 4 is 34.1 Å². The molecule has 1 amide bonds. The SMILES string of the molecule is CN(C)C(=O)Cc1cc([N+](=O)[O-])cc2c(Cl)c(C#N)cnc12. The van der Waals surface area contributed by atoms with Gasteiger partial charge in [-0.1, -0.05) is 11.6 Å². The number of benzene rings is 1. The lowest BCUT2D eigenvalue weighted by molar-refractivity contribution is -0.384. The van der Waals surface area contributed by atoms with Gasteiger partial charge in [-0.25, -0.2) is 0 Å². The Bertz CT molecular complexity index is 827. The molecule has 0 aliphatic carbocycles. The normalized spacial score (nSPS) is 10.3. The highest BCUT2D eigenvalue weighted by molar-refractivity contribution is 6.36. The van der Waals surface area contributed by atoms with Crippen LogP contribution >= 0.6 is 11.6 Å². The Hall–Kier alpha value is -2.72. The summed E-state index contributed by atoms with van der Waals surface area (Å²) >= 11 is 6.11. The van der Waals surface area contributed by atoms with Crippen molar-refractivity contribution in [3.63, 3.8) is 0 Å². The van der Waals surface area contributed by atoms with Gasteiger partial charge in [0.25, 0.3) is 5.69 Å². The van der Waals surface area contributed by atoms with Crippen LogP contribution in [-0.2, 0) is 11.2 Å². The van der Waals surface area contributed by atoms with Crippen molar-refractivity contribution in [1.29, 1.82) is 5.26 Å². The minimum Gasteiger partial charge on any atom is -0.349 e. The van der Waals surface area contributed by atoms with Gasteiger partial charge in [0.15, 0.2) is 0 Å². The number of nitriles is 1. The van der Waals surface area contributed by atoms with Crippen LogP contribution < -0.4 is 0 Å². The Morgan fingerprint density at radius 1 is 1.50 bits per heavy atom. The smallest absolute Gasteiger partial charge is 0.270 e. The average molecular weight is 319 g/mol. The summed E-state index contributed by atoms with van der Waals surface area (Å²) in [5, 5.41) is 20.4. The van der Waals surface area contributed by atoms with Gasteiger partial charge in [-0.15, -0.1) is 0 Å². The van der Waals surface area contributed by atoms with E-state index in [0.29, 0.717) is 11.1 Å². The first kappa shape index (κ1) is 15.7. The highest BCUT2D eigenvalue weighted by Gasteiger charge is 2.18. The number of carbonyl (C=O) groups excluding carboxylic acids is 1. The fraction of sp³-hybridized carbons (Fsp3) is 0.214. The molecule has 0 aliphatic heterocycles. The number of hydrogen-bond donors (Lipinski definition) is 0. The van der Waals surface area contributed by atoms with Crippen LogP contribution in [0, 0.1) is 21.4 Å². The van der Waals surface area contributed by atoms with Gasteiger partial charge in [0.05, 0.1) is 27.4 Å². The molecule has 2 rings (SSSR count). The van der Waals surface area contributed by atoms with Crippen LogP contribution in [0.4, 0.5) is 5.69 Å². The van der Waals surface area contributed by atoms with E-state index in [1.54, 1.807) is 14.1 Å². The van der Waals surface area contributed by atoms with Gasteiger partial charge < -0.3 is 4.90 Å². The molecule has 2 aromatic rings. The predicted octanol–water partition coefficient (Wildman–Crippen LogP) is 2.30. The third-order valence-electron chi connectivity index (χ3n) is 3.14. The highest BCUT2D eigenvalue weighted by atomic mass is 35.5. The van der Waals surface area contributed by atoms with Gasteiger partial charge in [-0.05, 0) is 5.56 Å². The quantitative estimate of drug-likeness (QED) is 0.638. The van der Waals surface area contributed by atoms with Crippen LogP contribution in [-0.4, -0.2) is 34.8 Å². The van der Waals surface area contributed by atoms with Gasteiger partial charge in [-0.3, -0.25) is 19.9 Å². The number of halogens is 1. The molecule has 0 saturated carbocycles. The standard InChI is InChI=1S/C14H11ClN4O3/c1-18(2)12(20)4-8-3-10(19(21)22)5-11-13(15)9(6-16)7-17-14(8)11/h3,5,7H,4H2,1-2H3. The molecule has 1 aromatic carbocycles. The Morgan fingerprint density at radius 2 is 2.18 bits per heavy atom. The minimum atomic E-state index is -0.571. The zero-order valence-electron chi connectivity index (χ0n) is 11.8. The Labute approximate surface area is 130 Å². The maximum atomic E-state index is 11.9. The van der Waals surface area contributed by atoms with E-state index in [0.717, 1.165) is 0 Å². The van der Waals surface area contributed by atoms with E-state index in [1.807, 2.05) is 6.07 Å². The number of nitrogens with zero attached hydrogens (tertiary/aromatic N) is 4. The molecule has 0 saturated heterocycles. The van der Waals surface area contributed by atoms with Crippen LogP contribution in [0.25, 0.3) is 10.9 Å². The van der Waals surface area contributed by atoms with Gasteiger partial charge >= 0.3 is 0 Å². The van der Waals surface area contributed by atoms with Crippen LogP contribution in [0.5, 0.6) is 0 Å². The van der Waals surface area contributed by atoms with Gasteiger partial charge in [0, 0.05) is 37.8 Å². The summed E-state index contributed by atoms with van der Waals surface area (Å²) < 4.78 is 0. The number of non-ortho nitro benzene ring substituents is 1. The van der Waals surface area contributed by atoms with E-state index < -0.39 is 4.92 Å². The number of nitro benzene ring substituents is 1. The number of aromatic nitrogens is 1. The zero-order valence-corrected chi connectivity index (χ0v) is 12.6. The van der Waals surface area contributed by atoms with Gasteiger partial charge in [0.1, 0.15) is 6.07 Å². The molecular formula is C14H11ClN4O3. The lowest BCUT2D eigenvalue weighted by Gasteiger charge is -2.12. The minimum absolute atomic E-state index is 0.0413. The van der Waals surface area contributed by atoms with Gasteiger partial charge in [-0.2, -0.15) is 5.26 Å². The summed E-state index contributed by atoms with van der Waals surface area (Å²) in [6.07, 6.45) is 1.25. The molecule has 8 heteroatoms. The van der Waals surface area contributed by atoms with Crippen molar-refractivity contribution in [2.24, 2.45) is 0 Å². The molecule has 0 atom stereocenters. The third kappa shape index (κ3) is 2.82. The maximum Gasteiger partial charge on any atom is 0.270 e. The highest BCUT2D eigenvalue weighted by Crippen LogP contribution is 2.31. The Kier molecular flexibility index (Phi) is 4.24. The van der Waals surface area contributed by atoms with Crippen LogP contribution in [0.15, 0.2) is 18.3 Å². The number of amides is 1. The van der Waals surface area contributed by atoms with Crippen molar-refractivity contribution < 1.29 is 9.72 Å². The molecule has 112 valence electrons. The van der Waals surface area contributed by atoms with Crippen LogP contribution in [0.1, 0.15) is 11.1 Å². The largest absolute Gasteiger partial charge is 0.349 e.